The minimum absolute atomic E-state index is 0.233. The zero-order valence-electron chi connectivity index (χ0n) is 9.87. The van der Waals surface area contributed by atoms with Gasteiger partial charge in [0.25, 0.3) is 0 Å². The SMILES string of the molecule is CCCCCCCCSC1CC(=O)OC1=O. The van der Waals surface area contributed by atoms with E-state index in [1.165, 1.54) is 32.1 Å². The minimum atomic E-state index is -0.370. The summed E-state index contributed by atoms with van der Waals surface area (Å²) in [5.74, 6) is 0.241. The molecule has 92 valence electrons. The monoisotopic (exact) mass is 244 g/mol. The summed E-state index contributed by atoms with van der Waals surface area (Å²) in [6.07, 6.45) is 7.79. The zero-order valence-corrected chi connectivity index (χ0v) is 10.7. The molecule has 0 aromatic heterocycles. The molecule has 1 fully saturated rings. The van der Waals surface area contributed by atoms with Crippen molar-refractivity contribution in [3.05, 3.63) is 0 Å². The van der Waals surface area contributed by atoms with E-state index in [0.29, 0.717) is 0 Å². The third kappa shape index (κ3) is 5.01. The molecule has 0 bridgehead atoms. The number of thioether (sulfide) groups is 1. The molecule has 1 atom stereocenters. The Morgan fingerprint density at radius 3 is 2.50 bits per heavy atom. The smallest absolute Gasteiger partial charge is 0.327 e. The first-order valence-electron chi connectivity index (χ1n) is 6.10. The van der Waals surface area contributed by atoms with Crippen LogP contribution >= 0.6 is 11.8 Å². The third-order valence-electron chi connectivity index (χ3n) is 2.65. The van der Waals surface area contributed by atoms with Gasteiger partial charge >= 0.3 is 11.9 Å². The van der Waals surface area contributed by atoms with E-state index < -0.39 is 0 Å². The highest BCUT2D eigenvalue weighted by atomic mass is 32.2. The summed E-state index contributed by atoms with van der Waals surface area (Å²) in [5, 5.41) is -0.233. The van der Waals surface area contributed by atoms with Crippen LogP contribution in [0.15, 0.2) is 0 Å². The molecule has 0 aliphatic carbocycles. The number of cyclic esters (lactones) is 2. The zero-order chi connectivity index (χ0) is 11.8. The van der Waals surface area contributed by atoms with Gasteiger partial charge in [-0.2, -0.15) is 0 Å². The van der Waals surface area contributed by atoms with Gasteiger partial charge < -0.3 is 4.74 Å². The van der Waals surface area contributed by atoms with Gasteiger partial charge in [-0.05, 0) is 12.2 Å². The predicted octanol–water partition coefficient (Wildman–Crippen LogP) is 2.92. The minimum Gasteiger partial charge on any atom is -0.392 e. The van der Waals surface area contributed by atoms with Gasteiger partial charge in [0.05, 0.1) is 6.42 Å². The van der Waals surface area contributed by atoms with Crippen LogP contribution in [0, 0.1) is 0 Å². The molecule has 1 aliphatic heterocycles. The molecule has 1 aliphatic rings. The number of hydrogen-bond acceptors (Lipinski definition) is 4. The topological polar surface area (TPSA) is 43.4 Å². The van der Waals surface area contributed by atoms with Crippen molar-refractivity contribution in [1.29, 1.82) is 0 Å². The van der Waals surface area contributed by atoms with Gasteiger partial charge in [0.1, 0.15) is 5.25 Å². The molecule has 1 heterocycles. The highest BCUT2D eigenvalue weighted by molar-refractivity contribution is 8.00. The van der Waals surface area contributed by atoms with Crippen LogP contribution in [0.1, 0.15) is 51.9 Å². The van der Waals surface area contributed by atoms with Crippen LogP contribution in [0.2, 0.25) is 0 Å². The Morgan fingerprint density at radius 2 is 1.88 bits per heavy atom. The van der Waals surface area contributed by atoms with E-state index in [1.807, 2.05) is 0 Å². The van der Waals surface area contributed by atoms with E-state index in [0.717, 1.165) is 12.2 Å². The van der Waals surface area contributed by atoms with Crippen molar-refractivity contribution in [2.24, 2.45) is 0 Å². The van der Waals surface area contributed by atoms with Crippen molar-refractivity contribution < 1.29 is 14.3 Å². The van der Waals surface area contributed by atoms with E-state index in [2.05, 4.69) is 11.7 Å². The van der Waals surface area contributed by atoms with E-state index in [1.54, 1.807) is 11.8 Å². The van der Waals surface area contributed by atoms with Gasteiger partial charge in [-0.3, -0.25) is 9.59 Å². The lowest BCUT2D eigenvalue weighted by molar-refractivity contribution is -0.151. The largest absolute Gasteiger partial charge is 0.392 e. The summed E-state index contributed by atoms with van der Waals surface area (Å²) in [6, 6.07) is 0. The van der Waals surface area contributed by atoms with Gasteiger partial charge in [0.15, 0.2) is 0 Å². The number of ether oxygens (including phenoxy) is 1. The molecule has 0 aromatic rings. The maximum absolute atomic E-state index is 11.1. The highest BCUT2D eigenvalue weighted by Gasteiger charge is 2.33. The predicted molar refractivity (Wildman–Crippen MR) is 65.3 cm³/mol. The fourth-order valence-electron chi connectivity index (χ4n) is 1.69. The molecule has 0 radical (unpaired) electrons. The summed E-state index contributed by atoms with van der Waals surface area (Å²) < 4.78 is 4.49. The van der Waals surface area contributed by atoms with Crippen molar-refractivity contribution in [2.45, 2.75) is 57.1 Å². The molecular weight excluding hydrogens is 224 g/mol. The van der Waals surface area contributed by atoms with Crippen LogP contribution in [-0.4, -0.2) is 22.9 Å². The molecule has 1 unspecified atom stereocenters. The lowest BCUT2D eigenvalue weighted by Gasteiger charge is -2.04. The molecule has 0 saturated carbocycles. The number of rotatable bonds is 8. The second kappa shape index (κ2) is 7.71. The van der Waals surface area contributed by atoms with Crippen LogP contribution in [0.25, 0.3) is 0 Å². The second-order valence-electron chi connectivity index (χ2n) is 4.12. The lowest BCUT2D eigenvalue weighted by Crippen LogP contribution is -2.10. The summed E-state index contributed by atoms with van der Waals surface area (Å²) in [4.78, 5) is 21.9. The standard InChI is InChI=1S/C12H20O3S/c1-2-3-4-5-6-7-8-16-10-9-11(13)15-12(10)14/h10H,2-9H2,1H3. The molecule has 0 spiro atoms. The molecule has 4 heteroatoms. The molecule has 16 heavy (non-hydrogen) atoms. The fourth-order valence-corrected chi connectivity index (χ4v) is 2.78. The maximum atomic E-state index is 11.1. The van der Waals surface area contributed by atoms with Crippen LogP contribution in [0.3, 0.4) is 0 Å². The molecule has 0 aromatic carbocycles. The molecule has 3 nitrogen and oxygen atoms in total. The first-order valence-corrected chi connectivity index (χ1v) is 7.15. The molecule has 0 N–H and O–H groups in total. The normalized spacial score (nSPS) is 20.2. The van der Waals surface area contributed by atoms with Gasteiger partial charge in [0, 0.05) is 0 Å². The molecular formula is C12H20O3S. The van der Waals surface area contributed by atoms with Crippen LogP contribution < -0.4 is 0 Å². The molecule has 1 rings (SSSR count). The summed E-state index contributed by atoms with van der Waals surface area (Å²) in [6.45, 7) is 2.21. The average Bonchev–Trinajstić information content (AvgIpc) is 2.56. The summed E-state index contributed by atoms with van der Waals surface area (Å²) in [7, 11) is 0. The number of esters is 2. The van der Waals surface area contributed by atoms with E-state index >= 15 is 0 Å². The Labute approximate surface area is 101 Å². The van der Waals surface area contributed by atoms with Crippen molar-refractivity contribution in [3.8, 4) is 0 Å². The average molecular weight is 244 g/mol. The maximum Gasteiger partial charge on any atom is 0.327 e. The Morgan fingerprint density at radius 1 is 1.19 bits per heavy atom. The van der Waals surface area contributed by atoms with Crippen molar-refractivity contribution in [3.63, 3.8) is 0 Å². The van der Waals surface area contributed by atoms with E-state index in [-0.39, 0.29) is 23.6 Å². The van der Waals surface area contributed by atoms with E-state index in [9.17, 15) is 9.59 Å². The Balaban J connectivity index is 1.95. The highest BCUT2D eigenvalue weighted by Crippen LogP contribution is 2.23. The van der Waals surface area contributed by atoms with Gasteiger partial charge in [-0.1, -0.05) is 39.0 Å². The molecule has 1 saturated heterocycles. The Kier molecular flexibility index (Phi) is 6.53. The van der Waals surface area contributed by atoms with E-state index in [4.69, 9.17) is 0 Å². The van der Waals surface area contributed by atoms with Gasteiger partial charge in [-0.15, -0.1) is 11.8 Å². The van der Waals surface area contributed by atoms with Crippen molar-refractivity contribution in [2.75, 3.05) is 5.75 Å². The number of hydrogen-bond donors (Lipinski definition) is 0. The van der Waals surface area contributed by atoms with Crippen molar-refractivity contribution >= 4 is 23.7 Å². The summed E-state index contributed by atoms with van der Waals surface area (Å²) >= 11 is 1.56. The number of unbranched alkanes of at least 4 members (excludes halogenated alkanes) is 5. The summed E-state index contributed by atoms with van der Waals surface area (Å²) in [5.41, 5.74) is 0. The van der Waals surface area contributed by atoms with Gasteiger partial charge in [-0.25, -0.2) is 0 Å². The Hall–Kier alpha value is -0.510. The van der Waals surface area contributed by atoms with Crippen LogP contribution in [-0.2, 0) is 14.3 Å². The molecule has 0 amide bonds. The van der Waals surface area contributed by atoms with Crippen LogP contribution in [0.5, 0.6) is 0 Å². The Bertz CT molecular complexity index is 240. The quantitative estimate of drug-likeness (QED) is 0.374. The lowest BCUT2D eigenvalue weighted by atomic mass is 10.1. The first kappa shape index (κ1) is 13.6. The van der Waals surface area contributed by atoms with Crippen LogP contribution in [0.4, 0.5) is 0 Å². The first-order chi connectivity index (χ1) is 7.74. The fraction of sp³-hybridized carbons (Fsp3) is 0.833. The number of carbonyl (C=O) groups is 2. The van der Waals surface area contributed by atoms with Crippen molar-refractivity contribution in [1.82, 2.24) is 0 Å². The number of carbonyl (C=O) groups excluding carboxylic acids is 2. The third-order valence-corrected chi connectivity index (χ3v) is 3.93. The van der Waals surface area contributed by atoms with Gasteiger partial charge in [0.2, 0.25) is 0 Å². The second-order valence-corrected chi connectivity index (χ2v) is 5.44.